The quantitative estimate of drug-likeness (QED) is 0.451. The molecule has 9 heavy (non-hydrogen) atoms. The van der Waals surface area contributed by atoms with Crippen LogP contribution in [0, 0.1) is 6.92 Å². The van der Waals surface area contributed by atoms with E-state index in [-0.39, 0.29) is 21.7 Å². The van der Waals surface area contributed by atoms with E-state index in [1.54, 1.807) is 0 Å². The van der Waals surface area contributed by atoms with Crippen molar-refractivity contribution >= 4 is 0 Å². The Hall–Kier alpha value is 0.634. The first kappa shape index (κ1) is 22.6. The Labute approximate surface area is 73.2 Å². The molecular weight excluding hydrogens is 152 g/mol. The van der Waals surface area contributed by atoms with E-state index in [0.717, 1.165) is 20.6 Å². The van der Waals surface area contributed by atoms with Gasteiger partial charge in [0, 0.05) is 35.9 Å². The van der Waals surface area contributed by atoms with Crippen LogP contribution in [0.3, 0.4) is 0 Å². The van der Waals surface area contributed by atoms with Crippen molar-refractivity contribution in [2.45, 2.75) is 19.8 Å². The van der Waals surface area contributed by atoms with E-state index in [9.17, 15) is 0 Å². The third kappa shape index (κ3) is 142. The smallest absolute Gasteiger partial charge is 0.0319 e. The molecule has 0 saturated heterocycles. The summed E-state index contributed by atoms with van der Waals surface area (Å²) in [5.41, 5.74) is 0. The van der Waals surface area contributed by atoms with Crippen LogP contribution in [0.15, 0.2) is 0 Å². The van der Waals surface area contributed by atoms with Gasteiger partial charge in [-0.2, -0.15) is 6.42 Å². The van der Waals surface area contributed by atoms with Crippen molar-refractivity contribution in [3.8, 4) is 0 Å². The molecule has 0 amide bonds. The zero-order chi connectivity index (χ0) is 7.41. The monoisotopic (exact) mass is 169 g/mol. The fourth-order valence-electron chi connectivity index (χ4n) is 0. The van der Waals surface area contributed by atoms with Crippen LogP contribution in [0.2, 0.25) is 0 Å². The number of rotatable bonds is 1. The largest absolute Gasteiger partial charge is 0.400 e. The molecule has 0 bridgehead atoms. The minimum absolute atomic E-state index is 0. The molecule has 0 spiro atoms. The van der Waals surface area contributed by atoms with Gasteiger partial charge in [0.25, 0.3) is 0 Å². The Kier molecular flexibility index (Phi) is 182. The summed E-state index contributed by atoms with van der Waals surface area (Å²) >= 11 is 0. The molecule has 0 atom stereocenters. The molecule has 2 nitrogen and oxygen atoms in total. The summed E-state index contributed by atoms with van der Waals surface area (Å²) < 4.78 is 0. The van der Waals surface area contributed by atoms with Crippen molar-refractivity contribution in [1.82, 2.24) is 0 Å². The molecule has 0 saturated carbocycles. The van der Waals surface area contributed by atoms with E-state index in [4.69, 9.17) is 10.2 Å². The van der Waals surface area contributed by atoms with Crippen molar-refractivity contribution in [2.24, 2.45) is 0 Å². The van der Waals surface area contributed by atoms with Crippen molar-refractivity contribution in [1.29, 1.82) is 0 Å². The molecule has 0 fully saturated rings. The number of hydrogen-bond acceptors (Lipinski definition) is 2. The summed E-state index contributed by atoms with van der Waals surface area (Å²) in [6, 6.07) is 0. The maximum atomic E-state index is 7.00. The zero-order valence-electron chi connectivity index (χ0n) is 6.52. The van der Waals surface area contributed by atoms with Crippen molar-refractivity contribution in [3.63, 3.8) is 0 Å². The summed E-state index contributed by atoms with van der Waals surface area (Å²) in [5.74, 6) is 0. The van der Waals surface area contributed by atoms with Gasteiger partial charge in [-0.25, -0.2) is 0 Å². The van der Waals surface area contributed by atoms with Gasteiger partial charge in [-0.15, -0.1) is 0 Å². The molecule has 0 rings (SSSR count). The van der Waals surface area contributed by atoms with Gasteiger partial charge < -0.3 is 17.1 Å². The topological polar surface area (TPSA) is 40.5 Å². The van der Waals surface area contributed by atoms with E-state index in [1.807, 2.05) is 0 Å². The second-order valence-electron chi connectivity index (χ2n) is 0.854. The average molecular weight is 169 g/mol. The van der Waals surface area contributed by atoms with Crippen LogP contribution < -0.4 is 0 Å². The first-order valence-electron chi connectivity index (χ1n) is 2.60. The SMILES string of the molecule is CO.CO.[CH2-]CCC.[Ti]. The van der Waals surface area contributed by atoms with Gasteiger partial charge in [-0.1, -0.05) is 13.3 Å². The van der Waals surface area contributed by atoms with Crippen LogP contribution in [-0.4, -0.2) is 24.4 Å². The Morgan fingerprint density at radius 3 is 1.22 bits per heavy atom. The molecule has 0 aromatic carbocycles. The minimum Gasteiger partial charge on any atom is -0.400 e. The van der Waals surface area contributed by atoms with Crippen molar-refractivity contribution in [3.05, 3.63) is 6.92 Å². The van der Waals surface area contributed by atoms with E-state index >= 15 is 0 Å². The molecule has 0 aliphatic heterocycles. The molecule has 0 aliphatic rings. The molecule has 0 aromatic heterocycles. The van der Waals surface area contributed by atoms with Crippen LogP contribution in [0.4, 0.5) is 0 Å². The summed E-state index contributed by atoms with van der Waals surface area (Å²) in [6.07, 6.45) is 2.28. The number of unbranched alkanes of at least 4 members (excludes halogenated alkanes) is 1. The van der Waals surface area contributed by atoms with Crippen LogP contribution in [-0.2, 0) is 21.7 Å². The first-order chi connectivity index (χ1) is 3.91. The fourth-order valence-corrected chi connectivity index (χ4v) is 0. The average Bonchev–Trinajstić information content (AvgIpc) is 1.96. The van der Waals surface area contributed by atoms with Gasteiger partial charge in [0.2, 0.25) is 0 Å². The molecule has 2 N–H and O–H groups in total. The van der Waals surface area contributed by atoms with E-state index < -0.39 is 0 Å². The number of hydrogen-bond donors (Lipinski definition) is 2. The zero-order valence-corrected chi connectivity index (χ0v) is 8.08. The normalized spacial score (nSPS) is 4.67. The van der Waals surface area contributed by atoms with Gasteiger partial charge in [0.1, 0.15) is 0 Å². The minimum atomic E-state index is 0. The fraction of sp³-hybridized carbons (Fsp3) is 0.833. The van der Waals surface area contributed by atoms with Crippen LogP contribution in [0.1, 0.15) is 19.8 Å². The molecule has 0 unspecified atom stereocenters. The van der Waals surface area contributed by atoms with Gasteiger partial charge in [-0.3, -0.25) is 0 Å². The first-order valence-corrected chi connectivity index (χ1v) is 2.60. The summed E-state index contributed by atoms with van der Waals surface area (Å²) in [4.78, 5) is 0. The molecule has 0 aromatic rings. The molecule has 3 heteroatoms. The predicted octanol–water partition coefficient (Wildman–Crippen LogP) is 0.835. The van der Waals surface area contributed by atoms with E-state index in [2.05, 4.69) is 13.8 Å². The Morgan fingerprint density at radius 2 is 1.22 bits per heavy atom. The maximum absolute atomic E-state index is 7.00. The van der Waals surface area contributed by atoms with Gasteiger partial charge in [0.15, 0.2) is 0 Å². The second-order valence-corrected chi connectivity index (χ2v) is 0.854. The van der Waals surface area contributed by atoms with Crippen molar-refractivity contribution < 1.29 is 31.9 Å². The van der Waals surface area contributed by atoms with Gasteiger partial charge in [0.05, 0.1) is 0 Å². The maximum Gasteiger partial charge on any atom is 0.0319 e. The second kappa shape index (κ2) is 72.5. The number of aliphatic hydroxyl groups excluding tert-OH is 2. The third-order valence-corrected chi connectivity index (χ3v) is 0.354. The van der Waals surface area contributed by atoms with Crippen LogP contribution in [0.25, 0.3) is 0 Å². The number of aliphatic hydroxyl groups is 2. The predicted molar refractivity (Wildman–Crippen MR) is 36.6 cm³/mol. The Balaban J connectivity index is -0.0000000221. The Morgan fingerprint density at radius 1 is 1.11 bits per heavy atom. The molecule has 0 heterocycles. The molecule has 0 radical (unpaired) electrons. The van der Waals surface area contributed by atoms with E-state index in [1.165, 1.54) is 6.42 Å². The van der Waals surface area contributed by atoms with E-state index in [0.29, 0.717) is 0 Å². The van der Waals surface area contributed by atoms with Gasteiger partial charge in [-0.05, 0) is 0 Å². The summed E-state index contributed by atoms with van der Waals surface area (Å²) in [6.45, 7) is 5.72. The molecule has 58 valence electrons. The van der Waals surface area contributed by atoms with Crippen LogP contribution in [0.5, 0.6) is 0 Å². The molecule has 0 aliphatic carbocycles. The van der Waals surface area contributed by atoms with Crippen LogP contribution >= 0.6 is 0 Å². The summed E-state index contributed by atoms with van der Waals surface area (Å²) in [5, 5.41) is 14.0. The standard InChI is InChI=1S/C4H9.2CH4O.Ti/c1-3-4-2;2*1-2;/h1,3-4H2,2H3;2*2H,1H3;/q-1;;;. The molecular formula is C6H17O2Ti-. The Bertz CT molecular complexity index is 13.0. The third-order valence-electron chi connectivity index (χ3n) is 0.354. The van der Waals surface area contributed by atoms with Gasteiger partial charge >= 0.3 is 0 Å². The van der Waals surface area contributed by atoms with Crippen molar-refractivity contribution in [2.75, 3.05) is 14.2 Å². The summed E-state index contributed by atoms with van der Waals surface area (Å²) in [7, 11) is 2.00.